The van der Waals surface area contributed by atoms with Crippen LogP contribution in [0.5, 0.6) is 5.75 Å². The highest BCUT2D eigenvalue weighted by Crippen LogP contribution is 2.32. The number of benzene rings is 2. The van der Waals surface area contributed by atoms with E-state index in [0.717, 1.165) is 27.9 Å². The van der Waals surface area contributed by atoms with Gasteiger partial charge in [-0.3, -0.25) is 14.3 Å². The van der Waals surface area contributed by atoms with E-state index in [1.54, 1.807) is 18.6 Å². The maximum absolute atomic E-state index is 13.3. The Morgan fingerprint density at radius 3 is 2.59 bits per heavy atom. The first kappa shape index (κ1) is 21.9. The molecule has 0 bridgehead atoms. The Morgan fingerprint density at radius 2 is 1.82 bits per heavy atom. The van der Waals surface area contributed by atoms with Crippen molar-refractivity contribution in [2.45, 2.75) is 24.3 Å². The molecule has 34 heavy (non-hydrogen) atoms. The minimum absolute atomic E-state index is 0.0363. The molecule has 0 aliphatic heterocycles. The average molecular weight is 470 g/mol. The number of nitrogens with zero attached hydrogens (tertiary/aromatic N) is 4. The van der Waals surface area contributed by atoms with Gasteiger partial charge in [0, 0.05) is 46.3 Å². The molecule has 3 heterocycles. The smallest absolute Gasteiger partial charge is 0.196 e. The number of Topliss-reactive ketones (excluding diaryl/α,β-unsaturated/α-hetero) is 1. The molecule has 0 spiro atoms. The lowest BCUT2D eigenvalue weighted by Crippen LogP contribution is -2.14. The normalized spacial score (nSPS) is 12.1. The lowest BCUT2D eigenvalue weighted by atomic mass is 10.1. The number of pyridine rings is 1. The van der Waals surface area contributed by atoms with Crippen LogP contribution in [-0.4, -0.2) is 42.4 Å². The predicted molar refractivity (Wildman–Crippen MR) is 134 cm³/mol. The lowest BCUT2D eigenvalue weighted by molar-refractivity contribution is 0.0995. The molecular formula is C26H23N5O2S. The van der Waals surface area contributed by atoms with Crippen LogP contribution in [-0.2, 0) is 0 Å². The van der Waals surface area contributed by atoms with Crippen molar-refractivity contribution in [3.05, 3.63) is 84.8 Å². The third-order valence-corrected chi connectivity index (χ3v) is 6.53. The van der Waals surface area contributed by atoms with Crippen LogP contribution in [0.15, 0.2) is 84.4 Å². The fraction of sp³-hybridized carbons (Fsp3) is 0.154. The summed E-state index contributed by atoms with van der Waals surface area (Å²) in [5.74, 6) is 1.51. The van der Waals surface area contributed by atoms with E-state index in [1.807, 2.05) is 79.1 Å². The van der Waals surface area contributed by atoms with E-state index in [2.05, 4.69) is 20.2 Å². The van der Waals surface area contributed by atoms with Crippen molar-refractivity contribution >= 4 is 28.4 Å². The van der Waals surface area contributed by atoms with Crippen molar-refractivity contribution < 1.29 is 9.53 Å². The van der Waals surface area contributed by atoms with Crippen molar-refractivity contribution in [2.24, 2.45) is 0 Å². The first-order valence-electron chi connectivity index (χ1n) is 11.0. The summed E-state index contributed by atoms with van der Waals surface area (Å²) in [6.07, 6.45) is 5.23. The Hall–Kier alpha value is -3.91. The van der Waals surface area contributed by atoms with Gasteiger partial charge in [0.05, 0.1) is 11.9 Å². The maximum Gasteiger partial charge on any atom is 0.196 e. The molecule has 0 saturated carbocycles. The van der Waals surface area contributed by atoms with Crippen LogP contribution in [0.25, 0.3) is 28.0 Å². The molecule has 0 aliphatic carbocycles. The molecule has 1 unspecified atom stereocenters. The average Bonchev–Trinajstić information content (AvgIpc) is 3.49. The number of fused-ring (bicyclic) bond motifs is 1. The Morgan fingerprint density at radius 1 is 1.06 bits per heavy atom. The molecule has 7 nitrogen and oxygen atoms in total. The second-order valence-corrected chi connectivity index (χ2v) is 8.98. The molecule has 1 N–H and O–H groups in total. The number of carbonyl (C=O) groups is 1. The summed E-state index contributed by atoms with van der Waals surface area (Å²) >= 11 is 1.39. The number of ketones is 1. The van der Waals surface area contributed by atoms with Crippen molar-refractivity contribution in [1.82, 2.24) is 24.7 Å². The molecule has 0 aliphatic rings. The van der Waals surface area contributed by atoms with Gasteiger partial charge < -0.3 is 9.72 Å². The van der Waals surface area contributed by atoms with E-state index in [1.165, 1.54) is 11.8 Å². The highest BCUT2D eigenvalue weighted by Gasteiger charge is 2.24. The number of nitrogens with one attached hydrogen (secondary N) is 1. The Balaban J connectivity index is 1.51. The van der Waals surface area contributed by atoms with Gasteiger partial charge in [0.1, 0.15) is 5.75 Å². The lowest BCUT2D eigenvalue weighted by Gasteiger charge is -2.14. The molecule has 170 valence electrons. The fourth-order valence-corrected chi connectivity index (χ4v) is 4.77. The molecule has 1 atom stereocenters. The molecule has 0 fully saturated rings. The number of rotatable bonds is 8. The van der Waals surface area contributed by atoms with E-state index in [4.69, 9.17) is 4.74 Å². The van der Waals surface area contributed by atoms with Crippen molar-refractivity contribution in [3.63, 3.8) is 0 Å². The van der Waals surface area contributed by atoms with Crippen LogP contribution in [0.3, 0.4) is 0 Å². The van der Waals surface area contributed by atoms with Crippen molar-refractivity contribution in [2.75, 3.05) is 6.61 Å². The van der Waals surface area contributed by atoms with Gasteiger partial charge in [-0.25, -0.2) is 0 Å². The molecule has 0 saturated heterocycles. The summed E-state index contributed by atoms with van der Waals surface area (Å²) in [6.45, 7) is 4.46. The van der Waals surface area contributed by atoms with Gasteiger partial charge >= 0.3 is 0 Å². The topological polar surface area (TPSA) is 85.7 Å². The minimum Gasteiger partial charge on any atom is -0.494 e. The van der Waals surface area contributed by atoms with Gasteiger partial charge in [-0.05, 0) is 56.3 Å². The number of thioether (sulfide) groups is 1. The van der Waals surface area contributed by atoms with E-state index < -0.39 is 0 Å². The molecule has 0 radical (unpaired) electrons. The van der Waals surface area contributed by atoms with Gasteiger partial charge in [-0.2, -0.15) is 0 Å². The number of aromatic amines is 1. The molecule has 8 heteroatoms. The molecular weight excluding hydrogens is 446 g/mol. The summed E-state index contributed by atoms with van der Waals surface area (Å²) in [7, 11) is 0. The first-order valence-corrected chi connectivity index (χ1v) is 11.9. The Kier molecular flexibility index (Phi) is 6.14. The standard InChI is InChI=1S/C26H23N5O2S/c1-3-33-20-10-8-19(9-11-20)31-25(18-12-14-27-15-13-18)29-30-26(31)34-17(2)24(32)22-16-28-23-7-5-4-6-21(22)23/h4-17,28H,3H2,1-2H3. The van der Waals surface area contributed by atoms with E-state index in [-0.39, 0.29) is 11.0 Å². The second-order valence-electron chi connectivity index (χ2n) is 7.68. The van der Waals surface area contributed by atoms with Gasteiger partial charge in [0.25, 0.3) is 0 Å². The summed E-state index contributed by atoms with van der Waals surface area (Å²) in [5, 5.41) is 10.1. The predicted octanol–water partition coefficient (Wildman–Crippen LogP) is 5.57. The highest BCUT2D eigenvalue weighted by atomic mass is 32.2. The number of aromatic nitrogens is 5. The highest BCUT2D eigenvalue weighted by molar-refractivity contribution is 8.00. The van der Waals surface area contributed by atoms with Crippen LogP contribution in [0.4, 0.5) is 0 Å². The third-order valence-electron chi connectivity index (χ3n) is 5.48. The number of para-hydroxylation sites is 1. The zero-order valence-corrected chi connectivity index (χ0v) is 19.6. The number of H-pyrrole nitrogens is 1. The van der Waals surface area contributed by atoms with Crippen LogP contribution in [0, 0.1) is 0 Å². The van der Waals surface area contributed by atoms with E-state index in [9.17, 15) is 4.79 Å². The van der Waals surface area contributed by atoms with Crippen LogP contribution >= 0.6 is 11.8 Å². The zero-order valence-electron chi connectivity index (χ0n) is 18.8. The first-order chi connectivity index (χ1) is 16.7. The SMILES string of the molecule is CCOc1ccc(-n2c(SC(C)C(=O)c3c[nH]c4ccccc34)nnc2-c2ccncc2)cc1. The van der Waals surface area contributed by atoms with Gasteiger partial charge in [0.15, 0.2) is 16.8 Å². The quantitative estimate of drug-likeness (QED) is 0.236. The fourth-order valence-electron chi connectivity index (χ4n) is 3.83. The third kappa shape index (κ3) is 4.20. The monoisotopic (exact) mass is 469 g/mol. The number of hydrogen-bond acceptors (Lipinski definition) is 6. The number of carbonyl (C=O) groups excluding carboxylic acids is 1. The van der Waals surface area contributed by atoms with Gasteiger partial charge in [-0.15, -0.1) is 10.2 Å². The van der Waals surface area contributed by atoms with Crippen molar-refractivity contribution in [3.8, 4) is 22.8 Å². The Labute approximate surface area is 201 Å². The van der Waals surface area contributed by atoms with Gasteiger partial charge in [0.2, 0.25) is 0 Å². The molecule has 2 aromatic carbocycles. The summed E-state index contributed by atoms with van der Waals surface area (Å²) in [5.41, 5.74) is 3.39. The number of ether oxygens (including phenoxy) is 1. The minimum atomic E-state index is -0.366. The zero-order chi connectivity index (χ0) is 23.5. The Bertz CT molecular complexity index is 1430. The maximum atomic E-state index is 13.3. The van der Waals surface area contributed by atoms with Crippen LogP contribution in [0.2, 0.25) is 0 Å². The largest absolute Gasteiger partial charge is 0.494 e. The molecule has 0 amide bonds. The van der Waals surface area contributed by atoms with Gasteiger partial charge in [-0.1, -0.05) is 30.0 Å². The molecule has 5 aromatic rings. The molecule has 3 aromatic heterocycles. The molecule has 5 rings (SSSR count). The van der Waals surface area contributed by atoms with Crippen LogP contribution in [0.1, 0.15) is 24.2 Å². The van der Waals surface area contributed by atoms with Crippen molar-refractivity contribution in [1.29, 1.82) is 0 Å². The summed E-state index contributed by atoms with van der Waals surface area (Å²) in [6, 6.07) is 19.4. The van der Waals surface area contributed by atoms with E-state index >= 15 is 0 Å². The van der Waals surface area contributed by atoms with Crippen LogP contribution < -0.4 is 4.74 Å². The second kappa shape index (κ2) is 9.52. The number of hydrogen-bond donors (Lipinski definition) is 1. The van der Waals surface area contributed by atoms with E-state index in [0.29, 0.717) is 23.2 Å². The summed E-state index contributed by atoms with van der Waals surface area (Å²) in [4.78, 5) is 20.6. The summed E-state index contributed by atoms with van der Waals surface area (Å²) < 4.78 is 7.56.